The molecule has 0 aliphatic heterocycles. The summed E-state index contributed by atoms with van der Waals surface area (Å²) in [6.07, 6.45) is 7.78. The van der Waals surface area contributed by atoms with Crippen LogP contribution < -0.4 is 5.32 Å². The zero-order chi connectivity index (χ0) is 12.8. The quantitative estimate of drug-likeness (QED) is 0.758. The van der Waals surface area contributed by atoms with E-state index in [0.29, 0.717) is 0 Å². The summed E-state index contributed by atoms with van der Waals surface area (Å²) in [4.78, 5) is 4.48. The average Bonchev–Trinajstić information content (AvgIpc) is 2.96. The van der Waals surface area contributed by atoms with Gasteiger partial charge in [-0.2, -0.15) is 0 Å². The van der Waals surface area contributed by atoms with Crippen LogP contribution in [0.2, 0.25) is 0 Å². The monoisotopic (exact) mass is 248 g/mol. The topological polar surface area (TPSA) is 60.6 Å². The fourth-order valence-corrected chi connectivity index (χ4v) is 1.89. The van der Waals surface area contributed by atoms with Gasteiger partial charge in [0, 0.05) is 32.0 Å². The van der Waals surface area contributed by atoms with Crippen molar-refractivity contribution in [3.8, 4) is 0 Å². The first-order chi connectivity index (χ1) is 8.79. The van der Waals surface area contributed by atoms with Crippen molar-refractivity contribution >= 4 is 5.95 Å². The number of hydrogen-bond acceptors (Lipinski definition) is 4. The molecule has 6 nitrogen and oxygen atoms in total. The minimum Gasteiger partial charge on any atom is -0.356 e. The first kappa shape index (κ1) is 12.6. The average molecular weight is 248 g/mol. The number of nitrogens with one attached hydrogen (secondary N) is 1. The molecule has 0 aliphatic carbocycles. The molecule has 0 amide bonds. The van der Waals surface area contributed by atoms with Gasteiger partial charge in [-0.15, -0.1) is 5.10 Å². The van der Waals surface area contributed by atoms with Crippen molar-refractivity contribution in [2.75, 3.05) is 11.9 Å². The Morgan fingerprint density at radius 3 is 2.94 bits per heavy atom. The van der Waals surface area contributed by atoms with Gasteiger partial charge in [0.1, 0.15) is 0 Å². The fraction of sp³-hybridized carbons (Fsp3) is 0.583. The van der Waals surface area contributed by atoms with Gasteiger partial charge in [0.25, 0.3) is 0 Å². The molecule has 2 aromatic rings. The van der Waals surface area contributed by atoms with E-state index in [1.807, 2.05) is 17.8 Å². The van der Waals surface area contributed by atoms with Crippen LogP contribution in [0.15, 0.2) is 18.6 Å². The van der Waals surface area contributed by atoms with Crippen molar-refractivity contribution in [1.82, 2.24) is 24.5 Å². The summed E-state index contributed by atoms with van der Waals surface area (Å²) < 4.78 is 4.01. The van der Waals surface area contributed by atoms with E-state index in [1.165, 1.54) is 0 Å². The van der Waals surface area contributed by atoms with Gasteiger partial charge in [-0.1, -0.05) is 12.1 Å². The van der Waals surface area contributed by atoms with Crippen LogP contribution in [0, 0.1) is 6.92 Å². The molecule has 2 heterocycles. The number of aromatic nitrogens is 5. The highest BCUT2D eigenvalue weighted by Crippen LogP contribution is 2.09. The van der Waals surface area contributed by atoms with Crippen LogP contribution in [-0.2, 0) is 13.1 Å². The molecule has 0 aliphatic rings. The van der Waals surface area contributed by atoms with E-state index < -0.39 is 0 Å². The summed E-state index contributed by atoms with van der Waals surface area (Å²) in [6.45, 7) is 6.96. The van der Waals surface area contributed by atoms with Crippen molar-refractivity contribution < 1.29 is 0 Å². The molecule has 0 fully saturated rings. The SMILES string of the molecule is CCCn1cc(C)nc1NCCCn1ccnn1. The number of anilines is 1. The van der Waals surface area contributed by atoms with E-state index in [1.54, 1.807) is 6.20 Å². The van der Waals surface area contributed by atoms with Crippen LogP contribution in [0.5, 0.6) is 0 Å². The zero-order valence-electron chi connectivity index (χ0n) is 11.0. The predicted molar refractivity (Wildman–Crippen MR) is 70.4 cm³/mol. The molecule has 0 unspecified atom stereocenters. The Hall–Kier alpha value is -1.85. The lowest BCUT2D eigenvalue weighted by Gasteiger charge is -2.08. The van der Waals surface area contributed by atoms with Crippen LogP contribution in [0.4, 0.5) is 5.95 Å². The van der Waals surface area contributed by atoms with E-state index in [4.69, 9.17) is 0 Å². The lowest BCUT2D eigenvalue weighted by Crippen LogP contribution is -2.11. The Kier molecular flexibility index (Phi) is 4.33. The van der Waals surface area contributed by atoms with Crippen LogP contribution in [0.25, 0.3) is 0 Å². The highest BCUT2D eigenvalue weighted by Gasteiger charge is 2.03. The predicted octanol–water partition coefficient (Wildman–Crippen LogP) is 1.70. The lowest BCUT2D eigenvalue weighted by molar-refractivity contribution is 0.567. The smallest absolute Gasteiger partial charge is 0.203 e. The lowest BCUT2D eigenvalue weighted by atomic mass is 10.4. The van der Waals surface area contributed by atoms with E-state index in [2.05, 4.69) is 38.3 Å². The van der Waals surface area contributed by atoms with Gasteiger partial charge >= 0.3 is 0 Å². The molecule has 0 spiro atoms. The van der Waals surface area contributed by atoms with Gasteiger partial charge in [-0.25, -0.2) is 4.98 Å². The van der Waals surface area contributed by atoms with Crippen LogP contribution in [-0.4, -0.2) is 31.1 Å². The van der Waals surface area contributed by atoms with Crippen LogP contribution >= 0.6 is 0 Å². The summed E-state index contributed by atoms with van der Waals surface area (Å²) in [5.74, 6) is 0.966. The standard InChI is InChI=1S/C12H20N6/c1-3-7-17-10-11(2)15-12(17)13-5-4-8-18-9-6-14-16-18/h6,9-10H,3-5,7-8H2,1-2H3,(H,13,15). The van der Waals surface area contributed by atoms with E-state index in [9.17, 15) is 0 Å². The largest absolute Gasteiger partial charge is 0.356 e. The van der Waals surface area contributed by atoms with Crippen molar-refractivity contribution in [1.29, 1.82) is 0 Å². The maximum absolute atomic E-state index is 4.48. The van der Waals surface area contributed by atoms with Gasteiger partial charge in [0.15, 0.2) is 0 Å². The summed E-state index contributed by atoms with van der Waals surface area (Å²) in [6, 6.07) is 0. The number of aryl methyl sites for hydroxylation is 3. The Balaban J connectivity index is 1.79. The second kappa shape index (κ2) is 6.18. The Labute approximate surface area is 107 Å². The molecule has 0 bridgehead atoms. The second-order valence-corrected chi connectivity index (χ2v) is 4.35. The zero-order valence-corrected chi connectivity index (χ0v) is 11.0. The maximum atomic E-state index is 4.48. The number of hydrogen-bond donors (Lipinski definition) is 1. The summed E-state index contributed by atoms with van der Waals surface area (Å²) in [5.41, 5.74) is 1.06. The molecule has 0 radical (unpaired) electrons. The molecule has 0 saturated carbocycles. The molecule has 0 atom stereocenters. The molecule has 2 aromatic heterocycles. The van der Waals surface area contributed by atoms with E-state index in [0.717, 1.165) is 44.1 Å². The third-order valence-corrected chi connectivity index (χ3v) is 2.68. The second-order valence-electron chi connectivity index (χ2n) is 4.35. The molecule has 0 aromatic carbocycles. The summed E-state index contributed by atoms with van der Waals surface area (Å²) in [5, 5.41) is 11.1. The molecule has 1 N–H and O–H groups in total. The number of rotatable bonds is 7. The highest BCUT2D eigenvalue weighted by molar-refractivity contribution is 5.28. The molecule has 18 heavy (non-hydrogen) atoms. The third kappa shape index (κ3) is 3.32. The highest BCUT2D eigenvalue weighted by atomic mass is 15.4. The number of imidazole rings is 1. The third-order valence-electron chi connectivity index (χ3n) is 2.68. The molecule has 2 rings (SSSR count). The fourth-order valence-electron chi connectivity index (χ4n) is 1.89. The minimum atomic E-state index is 0.875. The first-order valence-electron chi connectivity index (χ1n) is 6.41. The van der Waals surface area contributed by atoms with Gasteiger partial charge in [0.2, 0.25) is 5.95 Å². The maximum Gasteiger partial charge on any atom is 0.203 e. The minimum absolute atomic E-state index is 0.875. The van der Waals surface area contributed by atoms with E-state index >= 15 is 0 Å². The molecular formula is C12H20N6. The Morgan fingerprint density at radius 2 is 2.22 bits per heavy atom. The molecule has 0 saturated heterocycles. The van der Waals surface area contributed by atoms with Gasteiger partial charge < -0.3 is 9.88 Å². The Bertz CT molecular complexity index is 459. The molecular weight excluding hydrogens is 228 g/mol. The van der Waals surface area contributed by atoms with E-state index in [-0.39, 0.29) is 0 Å². The van der Waals surface area contributed by atoms with Gasteiger partial charge in [0.05, 0.1) is 11.9 Å². The summed E-state index contributed by atoms with van der Waals surface area (Å²) >= 11 is 0. The Morgan fingerprint density at radius 1 is 1.33 bits per heavy atom. The van der Waals surface area contributed by atoms with Gasteiger partial charge in [-0.05, 0) is 19.8 Å². The van der Waals surface area contributed by atoms with Crippen LogP contribution in [0.1, 0.15) is 25.5 Å². The first-order valence-corrected chi connectivity index (χ1v) is 6.41. The van der Waals surface area contributed by atoms with Crippen molar-refractivity contribution in [2.24, 2.45) is 0 Å². The normalized spacial score (nSPS) is 10.8. The van der Waals surface area contributed by atoms with Crippen molar-refractivity contribution in [3.05, 3.63) is 24.3 Å². The van der Waals surface area contributed by atoms with Crippen molar-refractivity contribution in [2.45, 2.75) is 39.8 Å². The number of nitrogens with zero attached hydrogens (tertiary/aromatic N) is 5. The summed E-state index contributed by atoms with van der Waals surface area (Å²) in [7, 11) is 0. The molecule has 98 valence electrons. The van der Waals surface area contributed by atoms with Crippen LogP contribution in [0.3, 0.4) is 0 Å². The van der Waals surface area contributed by atoms with Crippen molar-refractivity contribution in [3.63, 3.8) is 0 Å². The van der Waals surface area contributed by atoms with Gasteiger partial charge in [-0.3, -0.25) is 4.68 Å². The molecule has 6 heteroatoms.